The molecule has 0 amide bonds. The summed E-state index contributed by atoms with van der Waals surface area (Å²) < 4.78 is 5.56. The van der Waals surface area contributed by atoms with E-state index < -0.39 is 5.79 Å². The molecule has 0 saturated carbocycles. The molecule has 0 spiro atoms. The maximum Gasteiger partial charge on any atom is 0.185 e. The van der Waals surface area contributed by atoms with Crippen LogP contribution >= 0.6 is 0 Å². The van der Waals surface area contributed by atoms with Crippen LogP contribution in [-0.2, 0) is 4.74 Å². The fourth-order valence-electron chi connectivity index (χ4n) is 1.02. The molecule has 82 valence electrons. The van der Waals surface area contributed by atoms with Crippen molar-refractivity contribution in [2.75, 3.05) is 0 Å². The molecule has 0 rings (SSSR count). The Balaban J connectivity index is 4.43. The minimum absolute atomic E-state index is 0.0441. The van der Waals surface area contributed by atoms with E-state index in [-0.39, 0.29) is 12.0 Å². The Kier molecular flexibility index (Phi) is 5.09. The first-order valence-electron chi connectivity index (χ1n) is 5.01. The van der Waals surface area contributed by atoms with Crippen LogP contribution in [0.3, 0.4) is 0 Å². The van der Waals surface area contributed by atoms with Gasteiger partial charge >= 0.3 is 0 Å². The minimum Gasteiger partial charge on any atom is -0.362 e. The zero-order chi connectivity index (χ0) is 11.4. The van der Waals surface area contributed by atoms with E-state index in [0.717, 1.165) is 5.57 Å². The van der Waals surface area contributed by atoms with Gasteiger partial charge in [-0.05, 0) is 39.2 Å². The number of rotatable bonds is 5. The highest BCUT2D eigenvalue weighted by atomic mass is 16.6. The van der Waals surface area contributed by atoms with Crippen molar-refractivity contribution in [1.29, 1.82) is 0 Å². The molecule has 0 aliphatic rings. The number of hydrogen-bond donors (Lipinski definition) is 1. The van der Waals surface area contributed by atoms with Gasteiger partial charge in [-0.1, -0.05) is 19.1 Å². The van der Waals surface area contributed by atoms with Gasteiger partial charge in [0.25, 0.3) is 0 Å². The van der Waals surface area contributed by atoms with Crippen LogP contribution in [0.1, 0.15) is 34.6 Å². The molecule has 3 atom stereocenters. The second kappa shape index (κ2) is 5.32. The average molecular weight is 198 g/mol. The quantitative estimate of drug-likeness (QED) is 0.543. The molecule has 0 aromatic heterocycles. The van der Waals surface area contributed by atoms with E-state index >= 15 is 0 Å². The van der Waals surface area contributed by atoms with Crippen LogP contribution in [0.15, 0.2) is 24.3 Å². The van der Waals surface area contributed by atoms with E-state index in [1.165, 1.54) is 0 Å². The van der Waals surface area contributed by atoms with Crippen LogP contribution in [-0.4, -0.2) is 17.0 Å². The lowest BCUT2D eigenvalue weighted by Crippen LogP contribution is -2.35. The molecule has 2 heteroatoms. The molecule has 0 aromatic carbocycles. The number of hydrogen-bond acceptors (Lipinski definition) is 2. The summed E-state index contributed by atoms with van der Waals surface area (Å²) in [5, 5.41) is 9.97. The molecule has 1 N–H and O–H groups in total. The van der Waals surface area contributed by atoms with Crippen molar-refractivity contribution in [1.82, 2.24) is 0 Å². The van der Waals surface area contributed by atoms with Crippen LogP contribution in [0.4, 0.5) is 0 Å². The van der Waals surface area contributed by atoms with Crippen LogP contribution in [0.25, 0.3) is 0 Å². The van der Waals surface area contributed by atoms with Gasteiger partial charge in [0.05, 0.1) is 6.10 Å². The average Bonchev–Trinajstić information content (AvgIpc) is 2.14. The Morgan fingerprint density at radius 1 is 1.50 bits per heavy atom. The number of aliphatic hydroxyl groups is 1. The molecular weight excluding hydrogens is 176 g/mol. The van der Waals surface area contributed by atoms with Gasteiger partial charge in [-0.15, -0.1) is 6.58 Å². The summed E-state index contributed by atoms with van der Waals surface area (Å²) in [7, 11) is 0. The first kappa shape index (κ1) is 13.4. The van der Waals surface area contributed by atoms with E-state index in [0.29, 0.717) is 0 Å². The molecule has 0 heterocycles. The van der Waals surface area contributed by atoms with Crippen molar-refractivity contribution in [3.63, 3.8) is 0 Å². The zero-order valence-electron chi connectivity index (χ0n) is 9.87. The molecule has 0 aliphatic heterocycles. The van der Waals surface area contributed by atoms with Crippen molar-refractivity contribution in [2.45, 2.75) is 46.5 Å². The van der Waals surface area contributed by atoms with Crippen molar-refractivity contribution < 1.29 is 9.84 Å². The molecule has 0 bridgehead atoms. The largest absolute Gasteiger partial charge is 0.362 e. The molecule has 2 nitrogen and oxygen atoms in total. The third-order valence-electron chi connectivity index (χ3n) is 2.69. The highest BCUT2D eigenvalue weighted by Crippen LogP contribution is 2.22. The fourth-order valence-corrected chi connectivity index (χ4v) is 1.02. The second-order valence-electron chi connectivity index (χ2n) is 3.87. The Hall–Kier alpha value is -0.600. The van der Waals surface area contributed by atoms with Crippen LogP contribution in [0.5, 0.6) is 0 Å². The van der Waals surface area contributed by atoms with Crippen molar-refractivity contribution in [3.8, 4) is 0 Å². The number of ether oxygens (including phenoxy) is 1. The van der Waals surface area contributed by atoms with Gasteiger partial charge in [0.1, 0.15) is 0 Å². The predicted octanol–water partition coefficient (Wildman–Crippen LogP) is 2.89. The summed E-state index contributed by atoms with van der Waals surface area (Å²) in [6.07, 6.45) is 3.63. The zero-order valence-corrected chi connectivity index (χ0v) is 9.87. The Bertz CT molecular complexity index is 216. The van der Waals surface area contributed by atoms with Gasteiger partial charge in [-0.3, -0.25) is 0 Å². The standard InChI is InChI=1S/C12H22O2/c1-7-9(3)11(5)14-12(6,13)10(4)8-2/h7-9,11,13H,1H2,2-6H3. The summed E-state index contributed by atoms with van der Waals surface area (Å²) in [6, 6.07) is 0. The van der Waals surface area contributed by atoms with E-state index in [4.69, 9.17) is 4.74 Å². The van der Waals surface area contributed by atoms with Gasteiger partial charge in [-0.25, -0.2) is 0 Å². The SMILES string of the molecule is C=CC(C)C(C)OC(C)(O)C(C)=CC. The second-order valence-corrected chi connectivity index (χ2v) is 3.87. The number of allylic oxidation sites excluding steroid dienone is 1. The Morgan fingerprint density at radius 2 is 2.00 bits per heavy atom. The Labute approximate surface area is 87.3 Å². The monoisotopic (exact) mass is 198 g/mol. The summed E-state index contributed by atoms with van der Waals surface area (Å²) >= 11 is 0. The van der Waals surface area contributed by atoms with E-state index in [1.807, 2.05) is 39.8 Å². The summed E-state index contributed by atoms with van der Waals surface area (Å²) in [5.41, 5.74) is 0.820. The Morgan fingerprint density at radius 3 is 2.36 bits per heavy atom. The summed E-state index contributed by atoms with van der Waals surface area (Å²) in [5.74, 6) is -0.947. The maximum atomic E-state index is 9.97. The van der Waals surface area contributed by atoms with Gasteiger partial charge in [0.15, 0.2) is 5.79 Å². The molecule has 0 aliphatic carbocycles. The van der Waals surface area contributed by atoms with Crippen LogP contribution < -0.4 is 0 Å². The van der Waals surface area contributed by atoms with Gasteiger partial charge in [-0.2, -0.15) is 0 Å². The lowest BCUT2D eigenvalue weighted by molar-refractivity contribution is -0.194. The smallest absolute Gasteiger partial charge is 0.185 e. The van der Waals surface area contributed by atoms with Gasteiger partial charge in [0, 0.05) is 0 Å². The maximum absolute atomic E-state index is 9.97. The van der Waals surface area contributed by atoms with E-state index in [2.05, 4.69) is 6.58 Å². The first-order valence-corrected chi connectivity index (χ1v) is 5.01. The molecule has 3 unspecified atom stereocenters. The molecular formula is C12H22O2. The van der Waals surface area contributed by atoms with Crippen LogP contribution in [0, 0.1) is 5.92 Å². The third-order valence-corrected chi connectivity index (χ3v) is 2.69. The lowest BCUT2D eigenvalue weighted by atomic mass is 10.0. The van der Waals surface area contributed by atoms with Gasteiger partial charge < -0.3 is 9.84 Å². The third kappa shape index (κ3) is 3.64. The van der Waals surface area contributed by atoms with Crippen LogP contribution in [0.2, 0.25) is 0 Å². The molecule has 0 saturated heterocycles. The molecule has 0 radical (unpaired) electrons. The first-order chi connectivity index (χ1) is 6.35. The fraction of sp³-hybridized carbons (Fsp3) is 0.667. The predicted molar refractivity (Wildman–Crippen MR) is 60.0 cm³/mol. The van der Waals surface area contributed by atoms with Gasteiger partial charge in [0.2, 0.25) is 0 Å². The van der Waals surface area contributed by atoms with E-state index in [9.17, 15) is 5.11 Å². The summed E-state index contributed by atoms with van der Waals surface area (Å²) in [4.78, 5) is 0. The lowest BCUT2D eigenvalue weighted by Gasteiger charge is -2.30. The minimum atomic E-state index is -1.18. The normalized spacial score (nSPS) is 21.1. The topological polar surface area (TPSA) is 29.5 Å². The summed E-state index contributed by atoms with van der Waals surface area (Å²) in [6.45, 7) is 13.0. The highest BCUT2D eigenvalue weighted by molar-refractivity contribution is 5.06. The van der Waals surface area contributed by atoms with E-state index in [1.54, 1.807) is 6.92 Å². The van der Waals surface area contributed by atoms with Crippen molar-refractivity contribution in [2.24, 2.45) is 5.92 Å². The molecule has 14 heavy (non-hydrogen) atoms. The molecule has 0 fully saturated rings. The highest BCUT2D eigenvalue weighted by Gasteiger charge is 2.26. The molecule has 0 aromatic rings. The van der Waals surface area contributed by atoms with Crippen molar-refractivity contribution >= 4 is 0 Å². The van der Waals surface area contributed by atoms with Crippen molar-refractivity contribution in [3.05, 3.63) is 24.3 Å².